The predicted molar refractivity (Wildman–Crippen MR) is 130 cm³/mol. The van der Waals surface area contributed by atoms with Gasteiger partial charge in [0.25, 0.3) is 0 Å². The zero-order valence-electron chi connectivity index (χ0n) is 20.2. The largest absolute Gasteiger partial charge is 0.479 e. The zero-order valence-corrected chi connectivity index (χ0v) is 21.8. The van der Waals surface area contributed by atoms with Crippen LogP contribution < -0.4 is 9.47 Å². The molecule has 14 heteroatoms. The molecule has 0 fully saturated rings. The molecule has 4 aromatic rings. The SMILES string of the molecule is COc1ncnc(OC)c1-n1c(CS(=O)(=O)[C@@H](C)[C@H](C)c2ncc(Cl)cn2)nnc1-c1ccc(C)o1. The monoisotopic (exact) mass is 533 g/mol. The highest BCUT2D eigenvalue weighted by Crippen LogP contribution is 2.35. The summed E-state index contributed by atoms with van der Waals surface area (Å²) in [6.45, 7) is 5.12. The molecule has 36 heavy (non-hydrogen) atoms. The molecular weight excluding hydrogens is 510 g/mol. The van der Waals surface area contributed by atoms with E-state index >= 15 is 0 Å². The van der Waals surface area contributed by atoms with E-state index in [1.165, 1.54) is 37.5 Å². The van der Waals surface area contributed by atoms with E-state index in [0.29, 0.717) is 22.4 Å². The number of hydrogen-bond acceptors (Lipinski definition) is 11. The molecule has 0 saturated heterocycles. The fourth-order valence-corrected chi connectivity index (χ4v) is 5.24. The fourth-order valence-electron chi connectivity index (χ4n) is 3.59. The van der Waals surface area contributed by atoms with E-state index in [0.717, 1.165) is 0 Å². The van der Waals surface area contributed by atoms with E-state index in [2.05, 4.69) is 30.1 Å². The van der Waals surface area contributed by atoms with Crippen LogP contribution in [0.15, 0.2) is 35.3 Å². The fraction of sp³-hybridized carbons (Fsp3) is 0.364. The molecule has 0 amide bonds. The summed E-state index contributed by atoms with van der Waals surface area (Å²) in [6.07, 6.45) is 4.14. The smallest absolute Gasteiger partial charge is 0.245 e. The molecule has 190 valence electrons. The minimum Gasteiger partial charge on any atom is -0.479 e. The van der Waals surface area contributed by atoms with Crippen LogP contribution in [0.5, 0.6) is 11.8 Å². The van der Waals surface area contributed by atoms with E-state index in [4.69, 9.17) is 25.5 Å². The molecule has 0 radical (unpaired) electrons. The van der Waals surface area contributed by atoms with Gasteiger partial charge in [0.1, 0.15) is 23.7 Å². The van der Waals surface area contributed by atoms with Crippen LogP contribution >= 0.6 is 11.6 Å². The van der Waals surface area contributed by atoms with Gasteiger partial charge in [0.2, 0.25) is 17.6 Å². The van der Waals surface area contributed by atoms with Gasteiger partial charge in [-0.25, -0.2) is 18.4 Å². The topological polar surface area (TPSA) is 148 Å². The molecule has 0 aromatic carbocycles. The van der Waals surface area contributed by atoms with Crippen LogP contribution in [0, 0.1) is 6.92 Å². The van der Waals surface area contributed by atoms with Gasteiger partial charge in [-0.3, -0.25) is 4.57 Å². The molecule has 0 N–H and O–H groups in total. The number of rotatable bonds is 9. The maximum absolute atomic E-state index is 13.5. The van der Waals surface area contributed by atoms with Crippen molar-refractivity contribution in [3.8, 4) is 29.0 Å². The lowest BCUT2D eigenvalue weighted by Crippen LogP contribution is -2.27. The van der Waals surface area contributed by atoms with E-state index in [1.807, 2.05) is 0 Å². The minimum absolute atomic E-state index is 0.0986. The number of sulfone groups is 1. The third kappa shape index (κ3) is 4.88. The van der Waals surface area contributed by atoms with Crippen molar-refractivity contribution in [3.63, 3.8) is 0 Å². The van der Waals surface area contributed by atoms with Gasteiger partial charge < -0.3 is 13.9 Å². The first-order chi connectivity index (χ1) is 17.2. The highest BCUT2D eigenvalue weighted by Gasteiger charge is 2.33. The van der Waals surface area contributed by atoms with Crippen molar-refractivity contribution in [1.29, 1.82) is 0 Å². The van der Waals surface area contributed by atoms with Crippen molar-refractivity contribution >= 4 is 21.4 Å². The Morgan fingerprint density at radius 2 is 1.67 bits per heavy atom. The van der Waals surface area contributed by atoms with Crippen molar-refractivity contribution < 1.29 is 22.3 Å². The number of aromatic nitrogens is 7. The summed E-state index contributed by atoms with van der Waals surface area (Å²) in [5.74, 6) is 1.02. The Kier molecular flexibility index (Phi) is 7.22. The first kappa shape index (κ1) is 25.5. The molecule has 12 nitrogen and oxygen atoms in total. The maximum Gasteiger partial charge on any atom is 0.245 e. The molecule has 2 atom stereocenters. The van der Waals surface area contributed by atoms with Crippen molar-refractivity contribution in [2.45, 2.75) is 37.7 Å². The molecule has 4 heterocycles. The van der Waals surface area contributed by atoms with Gasteiger partial charge in [-0.15, -0.1) is 10.2 Å². The standard InChI is InChI=1S/C22H24ClN7O5S/c1-12-6-7-16(35-12)20-29-28-17(30(20)18-21(33-4)26-11-27-22(18)34-5)10-36(31,32)14(3)13(2)19-24-8-15(23)9-25-19/h6-9,11,13-14H,10H2,1-5H3/t13-,14-/m0/s1. The van der Waals surface area contributed by atoms with Gasteiger partial charge in [0.15, 0.2) is 27.1 Å². The summed E-state index contributed by atoms with van der Waals surface area (Å²) in [5.41, 5.74) is 0.239. The van der Waals surface area contributed by atoms with E-state index < -0.39 is 26.8 Å². The van der Waals surface area contributed by atoms with Crippen LogP contribution in [-0.2, 0) is 15.6 Å². The quantitative estimate of drug-likeness (QED) is 0.312. The van der Waals surface area contributed by atoms with Gasteiger partial charge in [-0.05, 0) is 26.0 Å². The molecular formula is C22H24ClN7O5S. The summed E-state index contributed by atoms with van der Waals surface area (Å²) < 4.78 is 45.2. The summed E-state index contributed by atoms with van der Waals surface area (Å²) >= 11 is 5.87. The van der Waals surface area contributed by atoms with Gasteiger partial charge in [-0.1, -0.05) is 18.5 Å². The van der Waals surface area contributed by atoms with Crippen molar-refractivity contribution in [2.75, 3.05) is 14.2 Å². The normalized spacial score (nSPS) is 13.4. The van der Waals surface area contributed by atoms with Crippen LogP contribution in [0.25, 0.3) is 17.3 Å². The average molecular weight is 534 g/mol. The second-order valence-electron chi connectivity index (χ2n) is 7.99. The summed E-state index contributed by atoms with van der Waals surface area (Å²) in [7, 11) is -0.935. The Hall–Kier alpha value is -3.58. The first-order valence-corrected chi connectivity index (χ1v) is 12.9. The summed E-state index contributed by atoms with van der Waals surface area (Å²) in [4.78, 5) is 16.7. The third-order valence-corrected chi connectivity index (χ3v) is 8.10. The van der Waals surface area contributed by atoms with E-state index in [-0.39, 0.29) is 29.1 Å². The molecule has 0 spiro atoms. The third-order valence-electron chi connectivity index (χ3n) is 5.70. The van der Waals surface area contributed by atoms with E-state index in [1.54, 1.807) is 32.9 Å². The summed E-state index contributed by atoms with van der Waals surface area (Å²) in [5, 5.41) is 7.94. The zero-order chi connectivity index (χ0) is 26.0. The highest BCUT2D eigenvalue weighted by molar-refractivity contribution is 7.91. The number of ether oxygens (including phenoxy) is 2. The van der Waals surface area contributed by atoms with Crippen molar-refractivity contribution in [3.05, 3.63) is 53.3 Å². The Labute approximate surface area is 212 Å². The molecule has 0 aliphatic carbocycles. The Balaban J connectivity index is 1.81. The van der Waals surface area contributed by atoms with Crippen LogP contribution in [-0.4, -0.2) is 62.6 Å². The molecule has 4 aromatic heterocycles. The van der Waals surface area contributed by atoms with E-state index in [9.17, 15) is 8.42 Å². The molecule has 0 bridgehead atoms. The van der Waals surface area contributed by atoms with Gasteiger partial charge in [-0.2, -0.15) is 9.97 Å². The number of furan rings is 1. The number of nitrogens with zero attached hydrogens (tertiary/aromatic N) is 7. The summed E-state index contributed by atoms with van der Waals surface area (Å²) in [6, 6.07) is 3.47. The van der Waals surface area contributed by atoms with Crippen LogP contribution in [0.1, 0.15) is 37.2 Å². The Morgan fingerprint density at radius 1 is 1.03 bits per heavy atom. The second-order valence-corrected chi connectivity index (χ2v) is 10.8. The Bertz CT molecular complexity index is 1450. The van der Waals surface area contributed by atoms with Crippen LogP contribution in [0.4, 0.5) is 0 Å². The molecule has 0 aliphatic rings. The second kappa shape index (κ2) is 10.2. The maximum atomic E-state index is 13.5. The lowest BCUT2D eigenvalue weighted by atomic mass is 10.1. The lowest BCUT2D eigenvalue weighted by molar-refractivity contribution is 0.368. The number of methoxy groups -OCH3 is 2. The highest BCUT2D eigenvalue weighted by atomic mass is 35.5. The van der Waals surface area contributed by atoms with Crippen LogP contribution in [0.2, 0.25) is 5.02 Å². The van der Waals surface area contributed by atoms with Crippen molar-refractivity contribution in [1.82, 2.24) is 34.7 Å². The van der Waals surface area contributed by atoms with Gasteiger partial charge in [0.05, 0.1) is 24.5 Å². The molecule has 4 rings (SSSR count). The number of halogens is 1. The Morgan fingerprint density at radius 3 is 2.22 bits per heavy atom. The number of aryl methyl sites for hydroxylation is 1. The van der Waals surface area contributed by atoms with Gasteiger partial charge in [0, 0.05) is 18.3 Å². The molecule has 0 unspecified atom stereocenters. The molecule has 0 saturated carbocycles. The molecule has 0 aliphatic heterocycles. The van der Waals surface area contributed by atoms with Gasteiger partial charge >= 0.3 is 0 Å². The van der Waals surface area contributed by atoms with Crippen molar-refractivity contribution in [2.24, 2.45) is 0 Å². The number of hydrogen-bond donors (Lipinski definition) is 0. The minimum atomic E-state index is -3.79. The average Bonchev–Trinajstić information content (AvgIpc) is 3.48. The first-order valence-electron chi connectivity index (χ1n) is 10.8. The lowest BCUT2D eigenvalue weighted by Gasteiger charge is -2.20. The van der Waals surface area contributed by atoms with Crippen LogP contribution in [0.3, 0.4) is 0 Å². The predicted octanol–water partition coefficient (Wildman–Crippen LogP) is 3.19.